The van der Waals surface area contributed by atoms with Gasteiger partial charge in [-0.2, -0.15) is 0 Å². The van der Waals surface area contributed by atoms with Crippen LogP contribution in [0.2, 0.25) is 5.02 Å². The summed E-state index contributed by atoms with van der Waals surface area (Å²) in [5, 5.41) is 4.07. The van der Waals surface area contributed by atoms with Crippen LogP contribution in [0.1, 0.15) is 43.7 Å². The molecule has 0 radical (unpaired) electrons. The molecule has 0 spiro atoms. The minimum Gasteiger partial charge on any atom is -0.316 e. The second-order valence-corrected chi connectivity index (χ2v) is 5.66. The van der Waals surface area contributed by atoms with Gasteiger partial charge in [-0.3, -0.25) is 0 Å². The van der Waals surface area contributed by atoms with Crippen LogP contribution in [0.25, 0.3) is 0 Å². The molecule has 1 saturated heterocycles. The molecule has 0 bridgehead atoms. The van der Waals surface area contributed by atoms with E-state index in [0.29, 0.717) is 16.5 Å². The Bertz CT molecular complexity index is 392. The van der Waals surface area contributed by atoms with Crippen molar-refractivity contribution in [2.45, 2.75) is 38.3 Å². The van der Waals surface area contributed by atoms with Gasteiger partial charge in [-0.25, -0.2) is 4.39 Å². The number of rotatable bonds is 2. The molecule has 0 aromatic heterocycles. The summed E-state index contributed by atoms with van der Waals surface area (Å²) in [6, 6.07) is 5.61. The first kappa shape index (κ1) is 12.8. The van der Waals surface area contributed by atoms with E-state index in [1.807, 2.05) is 12.1 Å². The van der Waals surface area contributed by atoms with Gasteiger partial charge in [0.2, 0.25) is 0 Å². The number of nitrogens with one attached hydrogen (secondary N) is 1. The third kappa shape index (κ3) is 2.99. The standard InChI is InChI=1S/C14H19ClFN/c1-14(2,16)11-5-6-12(13(15)8-11)10-4-3-7-17-9-10/h5-6,8,10,17H,3-4,7,9H2,1-2H3. The smallest absolute Gasteiger partial charge is 0.130 e. The van der Waals surface area contributed by atoms with Gasteiger partial charge in [0, 0.05) is 11.6 Å². The number of benzene rings is 1. The quantitative estimate of drug-likeness (QED) is 0.842. The van der Waals surface area contributed by atoms with Crippen LogP contribution in [0.5, 0.6) is 0 Å². The lowest BCUT2D eigenvalue weighted by Crippen LogP contribution is -2.28. The van der Waals surface area contributed by atoms with E-state index in [4.69, 9.17) is 11.6 Å². The molecule has 0 saturated carbocycles. The zero-order chi connectivity index (χ0) is 12.5. The van der Waals surface area contributed by atoms with Crippen molar-refractivity contribution in [2.75, 3.05) is 13.1 Å². The average Bonchev–Trinajstić information content (AvgIpc) is 2.29. The second kappa shape index (κ2) is 4.95. The molecule has 1 nitrogen and oxygen atoms in total. The molecule has 0 aliphatic carbocycles. The van der Waals surface area contributed by atoms with Crippen LogP contribution in [0.4, 0.5) is 4.39 Å². The zero-order valence-electron chi connectivity index (χ0n) is 10.4. The van der Waals surface area contributed by atoms with Crippen LogP contribution in [0.15, 0.2) is 18.2 Å². The Balaban J connectivity index is 2.25. The highest BCUT2D eigenvalue weighted by Gasteiger charge is 2.22. The van der Waals surface area contributed by atoms with Crippen molar-refractivity contribution >= 4 is 11.6 Å². The lowest BCUT2D eigenvalue weighted by molar-refractivity contribution is 0.221. The topological polar surface area (TPSA) is 12.0 Å². The zero-order valence-corrected chi connectivity index (χ0v) is 11.1. The number of halogens is 2. The van der Waals surface area contributed by atoms with Gasteiger partial charge >= 0.3 is 0 Å². The number of hydrogen-bond donors (Lipinski definition) is 1. The first-order chi connectivity index (χ1) is 7.98. The summed E-state index contributed by atoms with van der Waals surface area (Å²) in [5.41, 5.74) is 0.467. The maximum atomic E-state index is 13.8. The van der Waals surface area contributed by atoms with Gasteiger partial charge in [0.25, 0.3) is 0 Å². The van der Waals surface area contributed by atoms with Crippen molar-refractivity contribution in [1.29, 1.82) is 0 Å². The first-order valence-corrected chi connectivity index (χ1v) is 6.56. The van der Waals surface area contributed by atoms with Crippen molar-refractivity contribution in [1.82, 2.24) is 5.32 Å². The lowest BCUT2D eigenvalue weighted by atomic mass is 9.89. The van der Waals surface area contributed by atoms with Gasteiger partial charge in [-0.15, -0.1) is 0 Å². The van der Waals surface area contributed by atoms with Gasteiger partial charge in [0.1, 0.15) is 5.67 Å². The van der Waals surface area contributed by atoms with Crippen LogP contribution >= 0.6 is 11.6 Å². The molecule has 94 valence electrons. The van der Waals surface area contributed by atoms with Crippen LogP contribution < -0.4 is 5.32 Å². The molecule has 3 heteroatoms. The predicted molar refractivity (Wildman–Crippen MR) is 70.4 cm³/mol. The Labute approximate surface area is 107 Å². The molecule has 17 heavy (non-hydrogen) atoms. The minimum absolute atomic E-state index is 0.466. The molecule has 1 aromatic rings. The summed E-state index contributed by atoms with van der Waals surface area (Å²) in [5.74, 6) is 0.466. The number of alkyl halides is 1. The molecule has 1 N–H and O–H groups in total. The normalized spacial score (nSPS) is 21.5. The van der Waals surface area contributed by atoms with Crippen LogP contribution in [-0.2, 0) is 5.67 Å². The highest BCUT2D eigenvalue weighted by molar-refractivity contribution is 6.31. The third-order valence-electron chi connectivity index (χ3n) is 3.42. The van der Waals surface area contributed by atoms with Crippen molar-refractivity contribution in [3.05, 3.63) is 34.3 Å². The van der Waals surface area contributed by atoms with E-state index in [9.17, 15) is 4.39 Å². The first-order valence-electron chi connectivity index (χ1n) is 6.18. The lowest BCUT2D eigenvalue weighted by Gasteiger charge is -2.25. The van der Waals surface area contributed by atoms with Crippen LogP contribution in [0, 0.1) is 0 Å². The van der Waals surface area contributed by atoms with Gasteiger partial charge < -0.3 is 5.32 Å². The van der Waals surface area contributed by atoms with E-state index in [0.717, 1.165) is 25.1 Å². The number of hydrogen-bond acceptors (Lipinski definition) is 1. The van der Waals surface area contributed by atoms with Crippen molar-refractivity contribution < 1.29 is 4.39 Å². The van der Waals surface area contributed by atoms with E-state index in [2.05, 4.69) is 5.32 Å². The van der Waals surface area contributed by atoms with Crippen LogP contribution in [0.3, 0.4) is 0 Å². The van der Waals surface area contributed by atoms with E-state index in [1.165, 1.54) is 6.42 Å². The maximum Gasteiger partial charge on any atom is 0.130 e. The van der Waals surface area contributed by atoms with Gasteiger partial charge in [-0.05, 0) is 56.3 Å². The average molecular weight is 256 g/mol. The van der Waals surface area contributed by atoms with E-state index in [-0.39, 0.29) is 0 Å². The Kier molecular flexibility index (Phi) is 3.74. The monoisotopic (exact) mass is 255 g/mol. The Hall–Kier alpha value is -0.600. The van der Waals surface area contributed by atoms with Gasteiger partial charge in [0.05, 0.1) is 0 Å². The molecule has 1 aliphatic heterocycles. The van der Waals surface area contributed by atoms with E-state index < -0.39 is 5.67 Å². The molecular weight excluding hydrogens is 237 g/mol. The maximum absolute atomic E-state index is 13.8. The second-order valence-electron chi connectivity index (χ2n) is 5.25. The Morgan fingerprint density at radius 2 is 2.18 bits per heavy atom. The highest BCUT2D eigenvalue weighted by Crippen LogP contribution is 2.33. The van der Waals surface area contributed by atoms with Crippen molar-refractivity contribution in [3.8, 4) is 0 Å². The summed E-state index contributed by atoms with van der Waals surface area (Å²) in [6.07, 6.45) is 2.34. The van der Waals surface area contributed by atoms with E-state index in [1.54, 1.807) is 19.9 Å². The summed E-state index contributed by atoms with van der Waals surface area (Å²) in [6.45, 7) is 5.17. The molecule has 0 amide bonds. The molecule has 1 aromatic carbocycles. The Morgan fingerprint density at radius 3 is 2.71 bits per heavy atom. The van der Waals surface area contributed by atoms with Gasteiger partial charge in [-0.1, -0.05) is 23.7 Å². The minimum atomic E-state index is -1.33. The third-order valence-corrected chi connectivity index (χ3v) is 3.75. The molecule has 1 heterocycles. The molecule has 1 fully saturated rings. The van der Waals surface area contributed by atoms with E-state index >= 15 is 0 Å². The predicted octanol–water partition coefficient (Wildman–Crippen LogP) is 4.01. The van der Waals surface area contributed by atoms with Crippen LogP contribution in [-0.4, -0.2) is 13.1 Å². The van der Waals surface area contributed by atoms with Crippen molar-refractivity contribution in [3.63, 3.8) is 0 Å². The fraction of sp³-hybridized carbons (Fsp3) is 0.571. The summed E-state index contributed by atoms with van der Waals surface area (Å²) in [4.78, 5) is 0. The number of piperidine rings is 1. The molecule has 1 unspecified atom stereocenters. The van der Waals surface area contributed by atoms with Gasteiger partial charge in [0.15, 0.2) is 0 Å². The largest absolute Gasteiger partial charge is 0.316 e. The molecular formula is C14H19ClFN. The molecule has 1 aliphatic rings. The summed E-state index contributed by atoms with van der Waals surface area (Å²) in [7, 11) is 0. The summed E-state index contributed by atoms with van der Waals surface area (Å²) >= 11 is 6.27. The SMILES string of the molecule is CC(C)(F)c1ccc(C2CCCNC2)c(Cl)c1. The molecule has 2 rings (SSSR count). The van der Waals surface area contributed by atoms with Crippen molar-refractivity contribution in [2.24, 2.45) is 0 Å². The fourth-order valence-corrected chi connectivity index (χ4v) is 2.68. The Morgan fingerprint density at radius 1 is 1.41 bits per heavy atom. The fourth-order valence-electron chi connectivity index (χ4n) is 2.35. The highest BCUT2D eigenvalue weighted by atomic mass is 35.5. The summed E-state index contributed by atoms with van der Waals surface area (Å²) < 4.78 is 13.8. The molecule has 1 atom stereocenters.